The van der Waals surface area contributed by atoms with E-state index in [9.17, 15) is 13.6 Å². The molecule has 3 heterocycles. The number of anilines is 1. The minimum absolute atomic E-state index is 0.0582. The molecule has 1 aliphatic rings. The van der Waals surface area contributed by atoms with Crippen molar-refractivity contribution in [2.24, 2.45) is 0 Å². The Hall–Kier alpha value is -2.42. The van der Waals surface area contributed by atoms with Gasteiger partial charge in [-0.25, -0.2) is 14.5 Å². The summed E-state index contributed by atoms with van der Waals surface area (Å²) in [5.41, 5.74) is 1.38. The second-order valence-electron chi connectivity index (χ2n) is 8.34. The molecule has 2 aromatic rings. The number of nitrogens with zero attached hydrogens (tertiary/aromatic N) is 5. The summed E-state index contributed by atoms with van der Waals surface area (Å²) in [6.07, 6.45) is 5.55. The van der Waals surface area contributed by atoms with Crippen LogP contribution in [0.4, 0.5) is 19.3 Å². The Kier molecular flexibility index (Phi) is 6.50. The maximum Gasteiger partial charge on any atom is 0.410 e. The molecule has 1 atom stereocenters. The standard InChI is InChI=1S/C20H26ClF2N5O2/c1-20(2,3)30-19(29)26(4)14-6-5-7-27(12-14)16-8-17(21)24-10-15(16)13-9-25-28(11-13)18(22)23/h8-11,14,18H,5-7,12H2,1-4H3/t14-/m0/s1. The highest BCUT2D eigenvalue weighted by atomic mass is 35.5. The van der Waals surface area contributed by atoms with Crippen molar-refractivity contribution in [3.05, 3.63) is 29.8 Å². The lowest BCUT2D eigenvalue weighted by Crippen LogP contribution is -2.50. The Labute approximate surface area is 179 Å². The topological polar surface area (TPSA) is 63.5 Å². The van der Waals surface area contributed by atoms with Crippen molar-refractivity contribution < 1.29 is 18.3 Å². The predicted molar refractivity (Wildman–Crippen MR) is 111 cm³/mol. The van der Waals surface area contributed by atoms with E-state index in [1.54, 1.807) is 24.2 Å². The molecular formula is C20H26ClF2N5O2. The molecular weight excluding hydrogens is 416 g/mol. The van der Waals surface area contributed by atoms with Gasteiger partial charge in [0.05, 0.1) is 12.2 Å². The zero-order valence-corrected chi connectivity index (χ0v) is 18.2. The van der Waals surface area contributed by atoms with Gasteiger partial charge in [-0.3, -0.25) is 0 Å². The fourth-order valence-electron chi connectivity index (χ4n) is 3.46. The van der Waals surface area contributed by atoms with Gasteiger partial charge in [-0.15, -0.1) is 0 Å². The molecule has 0 aromatic carbocycles. The van der Waals surface area contributed by atoms with Crippen LogP contribution >= 0.6 is 11.6 Å². The minimum Gasteiger partial charge on any atom is -0.444 e. The number of likely N-dealkylation sites (N-methyl/N-ethyl adjacent to an activating group) is 1. The molecule has 0 unspecified atom stereocenters. The van der Waals surface area contributed by atoms with E-state index in [4.69, 9.17) is 16.3 Å². The van der Waals surface area contributed by atoms with Crippen molar-refractivity contribution in [1.82, 2.24) is 19.7 Å². The van der Waals surface area contributed by atoms with E-state index in [1.807, 2.05) is 20.8 Å². The Morgan fingerprint density at radius 2 is 2.10 bits per heavy atom. The Morgan fingerprint density at radius 1 is 1.37 bits per heavy atom. The van der Waals surface area contributed by atoms with Crippen LogP contribution in [0.1, 0.15) is 40.2 Å². The molecule has 1 aliphatic heterocycles. The Bertz CT molecular complexity index is 900. The third-order valence-electron chi connectivity index (χ3n) is 4.93. The van der Waals surface area contributed by atoms with Crippen LogP contribution < -0.4 is 4.90 Å². The van der Waals surface area contributed by atoms with Gasteiger partial charge in [0, 0.05) is 49.3 Å². The summed E-state index contributed by atoms with van der Waals surface area (Å²) in [5, 5.41) is 4.02. The van der Waals surface area contributed by atoms with Crippen molar-refractivity contribution in [2.45, 2.75) is 51.8 Å². The number of halogens is 3. The third-order valence-corrected chi connectivity index (χ3v) is 5.13. The average Bonchev–Trinajstić information content (AvgIpc) is 3.16. The molecule has 1 saturated heterocycles. The monoisotopic (exact) mass is 441 g/mol. The Morgan fingerprint density at radius 3 is 2.73 bits per heavy atom. The molecule has 0 radical (unpaired) electrons. The van der Waals surface area contributed by atoms with Crippen LogP contribution in [0.5, 0.6) is 0 Å². The summed E-state index contributed by atoms with van der Waals surface area (Å²) < 4.78 is 32.0. The van der Waals surface area contributed by atoms with Crippen molar-refractivity contribution in [1.29, 1.82) is 0 Å². The molecule has 2 aromatic heterocycles. The quantitative estimate of drug-likeness (QED) is 0.636. The van der Waals surface area contributed by atoms with Gasteiger partial charge in [-0.1, -0.05) is 11.6 Å². The van der Waals surface area contributed by atoms with Crippen molar-refractivity contribution >= 4 is 23.4 Å². The second kappa shape index (κ2) is 8.75. The normalized spacial score (nSPS) is 17.3. The summed E-state index contributed by atoms with van der Waals surface area (Å²) in [5.74, 6) is 0. The van der Waals surface area contributed by atoms with E-state index in [-0.39, 0.29) is 12.1 Å². The molecule has 1 amide bonds. The molecule has 10 heteroatoms. The fourth-order valence-corrected chi connectivity index (χ4v) is 3.61. The number of piperidine rings is 1. The van der Waals surface area contributed by atoms with Crippen LogP contribution in [0.3, 0.4) is 0 Å². The summed E-state index contributed by atoms with van der Waals surface area (Å²) in [6, 6.07) is 1.66. The summed E-state index contributed by atoms with van der Waals surface area (Å²) in [7, 11) is 1.73. The fraction of sp³-hybridized carbons (Fsp3) is 0.550. The van der Waals surface area contributed by atoms with Crippen LogP contribution in [-0.2, 0) is 4.74 Å². The first kappa shape index (κ1) is 22.3. The maximum absolute atomic E-state index is 13.0. The first-order chi connectivity index (χ1) is 14.0. The lowest BCUT2D eigenvalue weighted by molar-refractivity contribution is 0.0209. The zero-order chi connectivity index (χ0) is 22.1. The third kappa shape index (κ3) is 5.19. The number of ether oxygens (including phenoxy) is 1. The average molecular weight is 442 g/mol. The number of pyridine rings is 1. The predicted octanol–water partition coefficient (Wildman–Crippen LogP) is 4.83. The lowest BCUT2D eigenvalue weighted by Gasteiger charge is -2.39. The van der Waals surface area contributed by atoms with Crippen molar-refractivity contribution in [2.75, 3.05) is 25.0 Å². The molecule has 0 bridgehead atoms. The number of amides is 1. The van der Waals surface area contributed by atoms with Gasteiger partial charge in [-0.2, -0.15) is 13.9 Å². The van der Waals surface area contributed by atoms with E-state index in [1.165, 1.54) is 12.4 Å². The van der Waals surface area contributed by atoms with Crippen molar-refractivity contribution in [3.8, 4) is 11.1 Å². The van der Waals surface area contributed by atoms with Crippen LogP contribution in [-0.4, -0.2) is 57.5 Å². The van der Waals surface area contributed by atoms with Crippen molar-refractivity contribution in [3.63, 3.8) is 0 Å². The number of carbonyl (C=O) groups excluding carboxylic acids is 1. The van der Waals surface area contributed by atoms with Gasteiger partial charge >= 0.3 is 12.6 Å². The second-order valence-corrected chi connectivity index (χ2v) is 8.73. The highest BCUT2D eigenvalue weighted by Gasteiger charge is 2.30. The number of hydrogen-bond donors (Lipinski definition) is 0. The smallest absolute Gasteiger partial charge is 0.410 e. The molecule has 0 spiro atoms. The van der Waals surface area contributed by atoms with Gasteiger partial charge < -0.3 is 14.5 Å². The van der Waals surface area contributed by atoms with Crippen LogP contribution in [0.15, 0.2) is 24.7 Å². The highest BCUT2D eigenvalue weighted by molar-refractivity contribution is 6.29. The number of carbonyl (C=O) groups is 1. The number of aromatic nitrogens is 3. The summed E-state index contributed by atoms with van der Waals surface area (Å²) >= 11 is 6.14. The first-order valence-corrected chi connectivity index (χ1v) is 10.1. The van der Waals surface area contributed by atoms with Gasteiger partial charge in [0.25, 0.3) is 0 Å². The molecule has 30 heavy (non-hydrogen) atoms. The van der Waals surface area contributed by atoms with E-state index in [2.05, 4.69) is 15.0 Å². The molecule has 0 N–H and O–H groups in total. The first-order valence-electron chi connectivity index (χ1n) is 9.74. The van der Waals surface area contributed by atoms with E-state index in [0.29, 0.717) is 27.5 Å². The van der Waals surface area contributed by atoms with Crippen LogP contribution in [0.25, 0.3) is 11.1 Å². The number of rotatable bonds is 4. The van der Waals surface area contributed by atoms with E-state index < -0.39 is 12.2 Å². The molecule has 0 aliphatic carbocycles. The molecule has 1 fully saturated rings. The number of hydrogen-bond acceptors (Lipinski definition) is 5. The van der Waals surface area contributed by atoms with E-state index >= 15 is 0 Å². The van der Waals surface area contributed by atoms with Gasteiger partial charge in [0.15, 0.2) is 0 Å². The highest BCUT2D eigenvalue weighted by Crippen LogP contribution is 2.34. The summed E-state index contributed by atoms with van der Waals surface area (Å²) in [6.45, 7) is 4.08. The van der Waals surface area contributed by atoms with Gasteiger partial charge in [0.1, 0.15) is 10.8 Å². The van der Waals surface area contributed by atoms with Crippen LogP contribution in [0.2, 0.25) is 5.15 Å². The molecule has 3 rings (SSSR count). The van der Waals surface area contributed by atoms with Gasteiger partial charge in [0.2, 0.25) is 0 Å². The molecule has 164 valence electrons. The Balaban J connectivity index is 1.84. The SMILES string of the molecule is CN(C(=O)OC(C)(C)C)[C@H]1CCCN(c2cc(Cl)ncc2-c2cnn(C(F)F)c2)C1. The number of alkyl halides is 2. The zero-order valence-electron chi connectivity index (χ0n) is 17.5. The molecule has 0 saturated carbocycles. The lowest BCUT2D eigenvalue weighted by atomic mass is 10.0. The summed E-state index contributed by atoms with van der Waals surface area (Å²) in [4.78, 5) is 20.3. The largest absolute Gasteiger partial charge is 0.444 e. The maximum atomic E-state index is 13.0. The minimum atomic E-state index is -2.72. The van der Waals surface area contributed by atoms with Gasteiger partial charge in [-0.05, 0) is 39.7 Å². The molecule has 7 nitrogen and oxygen atoms in total. The van der Waals surface area contributed by atoms with Crippen LogP contribution in [0, 0.1) is 0 Å². The van der Waals surface area contributed by atoms with E-state index in [0.717, 1.165) is 25.1 Å².